The number of benzene rings is 2. The van der Waals surface area contributed by atoms with Crippen molar-refractivity contribution in [1.82, 2.24) is 30.0 Å². The largest absolute Gasteiger partial charge is 0.240 e. The van der Waals surface area contributed by atoms with Gasteiger partial charge in [0.15, 0.2) is 0 Å². The number of hydrogen-bond acceptors (Lipinski definition) is 4. The number of nitrogens with zero attached hydrogens (tertiary/aromatic N) is 6. The second kappa shape index (κ2) is 7.08. The Kier molecular flexibility index (Phi) is 4.14. The van der Waals surface area contributed by atoms with E-state index in [1.54, 1.807) is 0 Å². The zero-order valence-electron chi connectivity index (χ0n) is 15.2. The molecule has 0 radical (unpaired) electrons. The minimum Gasteiger partial charge on any atom is -0.240 e. The average molecular weight is 366 g/mol. The van der Waals surface area contributed by atoms with Gasteiger partial charge in [-0.05, 0) is 35.4 Å². The fourth-order valence-electron chi connectivity index (χ4n) is 3.31. The van der Waals surface area contributed by atoms with Crippen LogP contribution in [0.25, 0.3) is 24.3 Å². The predicted octanol–water partition coefficient (Wildman–Crippen LogP) is 3.62. The van der Waals surface area contributed by atoms with Gasteiger partial charge in [0.25, 0.3) is 0 Å². The van der Waals surface area contributed by atoms with Crippen molar-refractivity contribution in [3.63, 3.8) is 0 Å². The van der Waals surface area contributed by atoms with Crippen LogP contribution in [-0.4, -0.2) is 30.0 Å². The van der Waals surface area contributed by atoms with Gasteiger partial charge in [-0.15, -0.1) is 10.2 Å². The van der Waals surface area contributed by atoms with Crippen LogP contribution in [0.4, 0.5) is 0 Å². The number of aromatic nitrogens is 6. The van der Waals surface area contributed by atoms with Crippen LogP contribution >= 0.6 is 0 Å². The lowest BCUT2D eigenvalue weighted by Crippen LogP contribution is -2.06. The lowest BCUT2D eigenvalue weighted by atomic mass is 10.1. The number of fused-ring (bicyclic) bond motifs is 2. The van der Waals surface area contributed by atoms with Crippen LogP contribution < -0.4 is 0 Å². The standard InChI is InChI=1S/C22H18N6/c1-3-7-17(8-4-1)15-27-21-13-14-22-20(12-11-19(21)23-25-27)24-26-28(22)16-18-9-5-2-6-10-18/h1-14H,15-16H2/b12-11?,14-13-,19-11?,20-12?,21-13?,22-14?. The minimum absolute atomic E-state index is 0.676. The topological polar surface area (TPSA) is 61.4 Å². The molecule has 0 unspecified atom stereocenters. The van der Waals surface area contributed by atoms with E-state index < -0.39 is 0 Å². The maximum absolute atomic E-state index is 4.34. The van der Waals surface area contributed by atoms with Crippen molar-refractivity contribution < 1.29 is 0 Å². The monoisotopic (exact) mass is 366 g/mol. The Bertz CT molecular complexity index is 1060. The molecule has 5 rings (SSSR count). The molecule has 2 heterocycles. The van der Waals surface area contributed by atoms with Crippen molar-refractivity contribution in [2.75, 3.05) is 0 Å². The summed E-state index contributed by atoms with van der Waals surface area (Å²) in [4.78, 5) is 0. The molecular formula is C22H18N6. The van der Waals surface area contributed by atoms with E-state index in [1.807, 2.05) is 70.1 Å². The summed E-state index contributed by atoms with van der Waals surface area (Å²) in [6.07, 6.45) is 8.00. The third-order valence-corrected chi connectivity index (χ3v) is 4.75. The Labute approximate surface area is 162 Å². The lowest BCUT2D eigenvalue weighted by Gasteiger charge is -2.07. The molecule has 4 aromatic rings. The quantitative estimate of drug-likeness (QED) is 0.487. The first-order valence-electron chi connectivity index (χ1n) is 9.18. The maximum atomic E-state index is 4.34. The molecule has 6 heteroatoms. The third-order valence-electron chi connectivity index (χ3n) is 4.75. The SMILES string of the molecule is C1=Cc2nnn(Cc3ccccc3)c2/C=C\c2c1nnn2Cc1ccccc1. The highest BCUT2D eigenvalue weighted by Crippen LogP contribution is 2.21. The van der Waals surface area contributed by atoms with Gasteiger partial charge in [-0.3, -0.25) is 0 Å². The van der Waals surface area contributed by atoms with Crippen LogP contribution in [0.2, 0.25) is 0 Å². The van der Waals surface area contributed by atoms with Crippen LogP contribution in [0.1, 0.15) is 33.9 Å². The summed E-state index contributed by atoms with van der Waals surface area (Å²) in [7, 11) is 0. The molecule has 0 saturated carbocycles. The summed E-state index contributed by atoms with van der Waals surface area (Å²) < 4.78 is 3.84. The normalized spacial score (nSPS) is 13.4. The van der Waals surface area contributed by atoms with Gasteiger partial charge >= 0.3 is 0 Å². The molecule has 0 bridgehead atoms. The van der Waals surface area contributed by atoms with E-state index in [1.165, 1.54) is 11.1 Å². The van der Waals surface area contributed by atoms with Gasteiger partial charge in [0, 0.05) is 0 Å². The van der Waals surface area contributed by atoms with E-state index in [4.69, 9.17) is 0 Å². The van der Waals surface area contributed by atoms with E-state index in [2.05, 4.69) is 44.9 Å². The molecule has 6 nitrogen and oxygen atoms in total. The van der Waals surface area contributed by atoms with Crippen LogP contribution in [-0.2, 0) is 13.1 Å². The summed E-state index contributed by atoms with van der Waals surface area (Å²) in [5, 5.41) is 17.3. The van der Waals surface area contributed by atoms with Crippen molar-refractivity contribution in [3.8, 4) is 0 Å². The minimum atomic E-state index is 0.676. The van der Waals surface area contributed by atoms with Gasteiger partial charge in [0.05, 0.1) is 24.5 Å². The zero-order valence-corrected chi connectivity index (χ0v) is 15.2. The van der Waals surface area contributed by atoms with E-state index in [0.717, 1.165) is 22.8 Å². The first-order valence-corrected chi connectivity index (χ1v) is 9.18. The average Bonchev–Trinajstić information content (AvgIpc) is 3.27. The molecule has 136 valence electrons. The van der Waals surface area contributed by atoms with Crippen LogP contribution in [0.5, 0.6) is 0 Å². The third kappa shape index (κ3) is 3.16. The molecule has 0 spiro atoms. The number of rotatable bonds is 4. The first kappa shape index (κ1) is 16.4. The molecule has 2 aromatic carbocycles. The smallest absolute Gasteiger partial charge is 0.113 e. The van der Waals surface area contributed by atoms with E-state index in [0.29, 0.717) is 13.1 Å². The summed E-state index contributed by atoms with van der Waals surface area (Å²) in [5.74, 6) is 0. The van der Waals surface area contributed by atoms with Gasteiger partial charge < -0.3 is 0 Å². The maximum Gasteiger partial charge on any atom is 0.113 e. The molecule has 0 N–H and O–H groups in total. The van der Waals surface area contributed by atoms with Crippen LogP contribution in [0.15, 0.2) is 60.7 Å². The molecule has 0 fully saturated rings. The van der Waals surface area contributed by atoms with Crippen molar-refractivity contribution >= 4 is 24.3 Å². The fourth-order valence-corrected chi connectivity index (χ4v) is 3.31. The van der Waals surface area contributed by atoms with E-state index >= 15 is 0 Å². The highest BCUT2D eigenvalue weighted by molar-refractivity contribution is 5.81. The Morgan fingerprint density at radius 2 is 0.964 bits per heavy atom. The van der Waals surface area contributed by atoms with Crippen LogP contribution in [0, 0.1) is 0 Å². The van der Waals surface area contributed by atoms with E-state index in [9.17, 15) is 0 Å². The molecule has 28 heavy (non-hydrogen) atoms. The van der Waals surface area contributed by atoms with Crippen molar-refractivity contribution in [2.45, 2.75) is 13.1 Å². The second-order valence-electron chi connectivity index (χ2n) is 6.67. The van der Waals surface area contributed by atoms with Gasteiger partial charge in [-0.25, -0.2) is 9.36 Å². The predicted molar refractivity (Wildman–Crippen MR) is 109 cm³/mol. The summed E-state index contributed by atoms with van der Waals surface area (Å²) in [6, 6.07) is 20.5. The number of hydrogen-bond donors (Lipinski definition) is 0. The van der Waals surface area contributed by atoms with Crippen molar-refractivity contribution in [3.05, 3.63) is 94.6 Å². The molecule has 0 atom stereocenters. The molecule has 2 aromatic heterocycles. The molecule has 0 saturated heterocycles. The zero-order chi connectivity index (χ0) is 18.8. The molecule has 1 aliphatic carbocycles. The van der Waals surface area contributed by atoms with Crippen LogP contribution in [0.3, 0.4) is 0 Å². The molecule has 1 aliphatic rings. The Morgan fingerprint density at radius 1 is 0.536 bits per heavy atom. The summed E-state index contributed by atoms with van der Waals surface area (Å²) in [5.41, 5.74) is 5.97. The van der Waals surface area contributed by atoms with Crippen molar-refractivity contribution in [2.24, 2.45) is 0 Å². The summed E-state index contributed by atoms with van der Waals surface area (Å²) >= 11 is 0. The highest BCUT2D eigenvalue weighted by Gasteiger charge is 2.15. The highest BCUT2D eigenvalue weighted by atomic mass is 15.4. The lowest BCUT2D eigenvalue weighted by molar-refractivity contribution is 0.643. The molecule has 0 aliphatic heterocycles. The fraction of sp³-hybridized carbons (Fsp3) is 0.0909. The van der Waals surface area contributed by atoms with E-state index in [-0.39, 0.29) is 0 Å². The van der Waals surface area contributed by atoms with Gasteiger partial charge in [-0.2, -0.15) is 0 Å². The molecule has 0 amide bonds. The Balaban J connectivity index is 1.48. The Hall–Kier alpha value is -3.80. The summed E-state index contributed by atoms with van der Waals surface area (Å²) in [6.45, 7) is 1.35. The Morgan fingerprint density at radius 3 is 1.39 bits per heavy atom. The first-order chi connectivity index (χ1) is 13.9. The van der Waals surface area contributed by atoms with Gasteiger partial charge in [0.1, 0.15) is 11.4 Å². The van der Waals surface area contributed by atoms with Crippen molar-refractivity contribution in [1.29, 1.82) is 0 Å². The molecular weight excluding hydrogens is 348 g/mol. The van der Waals surface area contributed by atoms with Gasteiger partial charge in [0.2, 0.25) is 0 Å². The van der Waals surface area contributed by atoms with Gasteiger partial charge in [-0.1, -0.05) is 71.1 Å². The second-order valence-corrected chi connectivity index (χ2v) is 6.67.